The lowest BCUT2D eigenvalue weighted by Crippen LogP contribution is -2.54. The van der Waals surface area contributed by atoms with Crippen molar-refractivity contribution in [1.82, 2.24) is 14.8 Å². The van der Waals surface area contributed by atoms with Gasteiger partial charge in [-0.25, -0.2) is 9.37 Å². The van der Waals surface area contributed by atoms with Gasteiger partial charge in [-0.3, -0.25) is 4.79 Å². The van der Waals surface area contributed by atoms with Gasteiger partial charge in [-0.2, -0.15) is 5.26 Å². The van der Waals surface area contributed by atoms with E-state index in [-0.39, 0.29) is 12.1 Å². The highest BCUT2D eigenvalue weighted by atomic mass is 35.5. The molecule has 4 heterocycles. The number of benzene rings is 2. The first-order valence-corrected chi connectivity index (χ1v) is 15.7. The summed E-state index contributed by atoms with van der Waals surface area (Å²) in [6.45, 7) is 8.90. The monoisotopic (exact) mass is 636 g/mol. The fourth-order valence-electron chi connectivity index (χ4n) is 6.83. The maximum atomic E-state index is 13.7. The summed E-state index contributed by atoms with van der Waals surface area (Å²) < 4.78 is 20.1. The van der Waals surface area contributed by atoms with Gasteiger partial charge in [-0.05, 0) is 57.3 Å². The Kier molecular flexibility index (Phi) is 8.60. The molecule has 0 aliphatic carbocycles. The van der Waals surface area contributed by atoms with Crippen LogP contribution in [0.25, 0.3) is 10.8 Å². The summed E-state index contributed by atoms with van der Waals surface area (Å²) in [4.78, 5) is 25.6. The summed E-state index contributed by atoms with van der Waals surface area (Å²) in [5, 5.41) is 13.4. The number of anilines is 2. The number of carbonyl (C=O) groups is 1. The minimum absolute atomic E-state index is 0.255. The molecule has 11 heteroatoms. The largest absolute Gasteiger partial charge is 0.475 e. The highest BCUT2D eigenvalue weighted by Crippen LogP contribution is 2.42. The average Bonchev–Trinajstić information content (AvgIpc) is 3.44. The number of ether oxygens (including phenoxy) is 1. The molecule has 1 amide bonds. The number of halogens is 3. The molecule has 1 aromatic heterocycles. The Labute approximate surface area is 267 Å². The van der Waals surface area contributed by atoms with Crippen LogP contribution in [-0.4, -0.2) is 79.2 Å². The molecule has 2 atom stereocenters. The molecule has 0 saturated carbocycles. The van der Waals surface area contributed by atoms with Gasteiger partial charge in [0.2, 0.25) is 5.88 Å². The predicted molar refractivity (Wildman–Crippen MR) is 172 cm³/mol. The van der Waals surface area contributed by atoms with Crippen LogP contribution < -0.4 is 14.5 Å². The van der Waals surface area contributed by atoms with Crippen molar-refractivity contribution in [2.24, 2.45) is 0 Å². The number of likely N-dealkylation sites (N-methyl/N-ethyl adjacent to an activating group) is 1. The molecule has 6 rings (SSSR count). The van der Waals surface area contributed by atoms with Gasteiger partial charge in [0.25, 0.3) is 5.91 Å². The van der Waals surface area contributed by atoms with E-state index >= 15 is 0 Å². The molecule has 2 saturated heterocycles. The van der Waals surface area contributed by atoms with Gasteiger partial charge < -0.3 is 24.3 Å². The molecular formula is C33H35Cl2FN6O2. The highest BCUT2D eigenvalue weighted by molar-refractivity contribution is 6.46. The van der Waals surface area contributed by atoms with Gasteiger partial charge in [0.1, 0.15) is 18.2 Å². The fourth-order valence-corrected chi connectivity index (χ4v) is 7.26. The third-order valence-electron chi connectivity index (χ3n) is 9.18. The summed E-state index contributed by atoms with van der Waals surface area (Å²) >= 11 is 13.2. The number of aromatic nitrogens is 1. The number of pyridine rings is 1. The van der Waals surface area contributed by atoms with E-state index in [0.717, 1.165) is 52.8 Å². The first kappa shape index (κ1) is 30.4. The molecule has 44 heavy (non-hydrogen) atoms. The van der Waals surface area contributed by atoms with Crippen LogP contribution in [0.2, 0.25) is 10.0 Å². The van der Waals surface area contributed by atoms with Crippen LogP contribution in [0.5, 0.6) is 5.88 Å². The van der Waals surface area contributed by atoms with Crippen molar-refractivity contribution in [3.8, 4) is 11.9 Å². The fraction of sp³-hybridized carbons (Fsp3) is 0.424. The van der Waals surface area contributed by atoms with Crippen molar-refractivity contribution < 1.29 is 13.9 Å². The SMILES string of the molecule is C=C(F)C(=O)N1CCN(c2c(C#N)c(OCC3CCCN3C)nc3c2CCN(c2cccc4ccc(Cl)c(Cl)c24)C3)CC1C. The molecule has 8 nitrogen and oxygen atoms in total. The van der Waals surface area contributed by atoms with Crippen molar-refractivity contribution in [2.45, 2.75) is 44.8 Å². The van der Waals surface area contributed by atoms with E-state index < -0.39 is 11.7 Å². The second kappa shape index (κ2) is 12.4. The van der Waals surface area contributed by atoms with Gasteiger partial charge in [-0.1, -0.05) is 48.0 Å². The number of hydrogen-bond donors (Lipinski definition) is 0. The number of carbonyl (C=O) groups excluding carboxylic acids is 1. The van der Waals surface area contributed by atoms with Gasteiger partial charge in [-0.15, -0.1) is 0 Å². The van der Waals surface area contributed by atoms with E-state index in [9.17, 15) is 14.4 Å². The van der Waals surface area contributed by atoms with Crippen molar-refractivity contribution in [3.05, 3.63) is 69.6 Å². The van der Waals surface area contributed by atoms with Crippen LogP contribution in [0.15, 0.2) is 42.7 Å². The lowest BCUT2D eigenvalue weighted by molar-refractivity contribution is -0.131. The summed E-state index contributed by atoms with van der Waals surface area (Å²) in [6.07, 6.45) is 2.78. The molecule has 2 fully saturated rings. The number of piperazine rings is 1. The second-order valence-corrected chi connectivity index (χ2v) is 12.7. The summed E-state index contributed by atoms with van der Waals surface area (Å²) in [6, 6.07) is 12.2. The van der Waals surface area contributed by atoms with Crippen molar-refractivity contribution in [2.75, 3.05) is 56.2 Å². The number of rotatable bonds is 6. The number of nitrogens with zero attached hydrogens (tertiary/aromatic N) is 6. The van der Waals surface area contributed by atoms with Crippen LogP contribution in [-0.2, 0) is 17.8 Å². The minimum Gasteiger partial charge on any atom is -0.475 e. The first-order chi connectivity index (χ1) is 21.2. The molecule has 2 aromatic carbocycles. The average molecular weight is 638 g/mol. The zero-order valence-corrected chi connectivity index (χ0v) is 26.5. The summed E-state index contributed by atoms with van der Waals surface area (Å²) in [5.74, 6) is -1.33. The lowest BCUT2D eigenvalue weighted by atomic mass is 9.96. The zero-order valence-electron chi connectivity index (χ0n) is 25.0. The third kappa shape index (κ3) is 5.55. The molecule has 3 aromatic rings. The Morgan fingerprint density at radius 2 is 2.00 bits per heavy atom. The van der Waals surface area contributed by atoms with E-state index in [2.05, 4.69) is 34.4 Å². The maximum Gasteiger partial charge on any atom is 0.282 e. The molecule has 3 aliphatic heterocycles. The van der Waals surface area contributed by atoms with Gasteiger partial charge >= 0.3 is 0 Å². The van der Waals surface area contributed by atoms with E-state index in [1.165, 1.54) is 4.90 Å². The van der Waals surface area contributed by atoms with Crippen LogP contribution in [0.4, 0.5) is 15.8 Å². The number of hydrogen-bond acceptors (Lipinski definition) is 7. The number of fused-ring (bicyclic) bond motifs is 2. The Morgan fingerprint density at radius 3 is 2.70 bits per heavy atom. The summed E-state index contributed by atoms with van der Waals surface area (Å²) in [5.41, 5.74) is 3.99. The van der Waals surface area contributed by atoms with Crippen LogP contribution >= 0.6 is 23.2 Å². The highest BCUT2D eigenvalue weighted by Gasteiger charge is 2.35. The van der Waals surface area contributed by atoms with E-state index in [0.29, 0.717) is 67.2 Å². The predicted octanol–water partition coefficient (Wildman–Crippen LogP) is 5.97. The number of nitriles is 1. The van der Waals surface area contributed by atoms with Gasteiger partial charge in [0.05, 0.1) is 28.0 Å². The quantitative estimate of drug-likeness (QED) is 0.309. The maximum absolute atomic E-state index is 13.7. The van der Waals surface area contributed by atoms with Crippen LogP contribution in [0.3, 0.4) is 0 Å². The molecular weight excluding hydrogens is 602 g/mol. The topological polar surface area (TPSA) is 75.9 Å². The van der Waals surface area contributed by atoms with Gasteiger partial charge in [0, 0.05) is 54.9 Å². The molecule has 0 bridgehead atoms. The van der Waals surface area contributed by atoms with Crippen molar-refractivity contribution in [3.63, 3.8) is 0 Å². The number of amides is 1. The molecule has 3 aliphatic rings. The van der Waals surface area contributed by atoms with Crippen LogP contribution in [0, 0.1) is 11.3 Å². The molecule has 0 N–H and O–H groups in total. The Morgan fingerprint density at radius 1 is 1.18 bits per heavy atom. The summed E-state index contributed by atoms with van der Waals surface area (Å²) in [7, 11) is 2.09. The van der Waals surface area contributed by atoms with Crippen LogP contribution in [0.1, 0.15) is 36.6 Å². The lowest BCUT2D eigenvalue weighted by Gasteiger charge is -2.42. The van der Waals surface area contributed by atoms with Crippen molar-refractivity contribution >= 4 is 51.3 Å². The zero-order chi connectivity index (χ0) is 31.1. The Bertz CT molecular complexity index is 1680. The van der Waals surface area contributed by atoms with E-state index in [1.54, 1.807) is 0 Å². The first-order valence-electron chi connectivity index (χ1n) is 15.0. The standard InChI is InChI=1S/C33H35Cl2FN6O2/c1-20-17-41(14-15-42(20)33(43)21(2)36)31-24-11-13-40(28-8-4-6-22-9-10-26(34)30(35)29(22)28)18-27(24)38-32(25(31)16-37)44-19-23-7-5-12-39(23)3/h4,6,8-10,20,23H,2,5,7,11-15,17-19H2,1,3H3. The smallest absolute Gasteiger partial charge is 0.282 e. The van der Waals surface area contributed by atoms with Gasteiger partial charge in [0.15, 0.2) is 5.83 Å². The Balaban J connectivity index is 1.39. The Hall–Kier alpha value is -3.58. The molecule has 2 unspecified atom stereocenters. The minimum atomic E-state index is -0.966. The molecule has 0 spiro atoms. The molecule has 230 valence electrons. The van der Waals surface area contributed by atoms with E-state index in [4.69, 9.17) is 32.9 Å². The van der Waals surface area contributed by atoms with E-state index in [1.807, 2.05) is 37.3 Å². The second-order valence-electron chi connectivity index (χ2n) is 11.9. The number of likely N-dealkylation sites (tertiary alicyclic amines) is 1. The third-order valence-corrected chi connectivity index (χ3v) is 9.98. The normalized spacial score (nSPS) is 20.5. The molecule has 0 radical (unpaired) electrons. The van der Waals surface area contributed by atoms with Crippen molar-refractivity contribution in [1.29, 1.82) is 5.26 Å².